The molecule has 4 aliphatic carbocycles. The third kappa shape index (κ3) is 2.61. The van der Waals surface area contributed by atoms with Crippen LogP contribution in [0.5, 0.6) is 0 Å². The summed E-state index contributed by atoms with van der Waals surface area (Å²) < 4.78 is 1.56. The lowest BCUT2D eigenvalue weighted by Gasteiger charge is -2.37. The summed E-state index contributed by atoms with van der Waals surface area (Å²) in [6, 6.07) is 9.06. The molecule has 3 unspecified atom stereocenters. The second kappa shape index (κ2) is 6.22. The molecular weight excluding hydrogens is 427 g/mol. The molecule has 0 heterocycles. The van der Waals surface area contributed by atoms with Crippen molar-refractivity contribution in [1.29, 1.82) is 0 Å². The Kier molecular flexibility index (Phi) is 4.08. The van der Waals surface area contributed by atoms with Crippen molar-refractivity contribution in [2.75, 3.05) is 0 Å². The van der Waals surface area contributed by atoms with Gasteiger partial charge >= 0.3 is 0 Å². The summed E-state index contributed by atoms with van der Waals surface area (Å²) in [5, 5.41) is 0. The Morgan fingerprint density at radius 2 is 1.92 bits per heavy atom. The standard InChI is InChI=1S/C25H27I/c1-25(2)23-6-4-3-5-21(23)22-12-10-19(15-24(22)25)16-7-8-18-14-20(26)11-9-17(18)13-16/h3-8,10,12,14,16-18,24H,9,11,13,15H2,1-2H3/t16-,17?,18?,24?/m0/s1. The quantitative estimate of drug-likeness (QED) is 0.310. The maximum absolute atomic E-state index is 2.52. The third-order valence-electron chi connectivity index (χ3n) is 7.37. The summed E-state index contributed by atoms with van der Waals surface area (Å²) in [4.78, 5) is 0. The smallest absolute Gasteiger partial charge is 0.00143 e. The fourth-order valence-corrected chi connectivity index (χ4v) is 6.51. The molecule has 0 spiro atoms. The average Bonchev–Trinajstić information content (AvgIpc) is 2.89. The average molecular weight is 454 g/mol. The van der Waals surface area contributed by atoms with E-state index in [0.717, 1.165) is 5.92 Å². The zero-order chi connectivity index (χ0) is 17.9. The second-order valence-corrected chi connectivity index (χ2v) is 10.5. The van der Waals surface area contributed by atoms with E-state index in [1.165, 1.54) is 36.8 Å². The molecule has 0 nitrogen and oxygen atoms in total. The third-order valence-corrected chi connectivity index (χ3v) is 8.26. The van der Waals surface area contributed by atoms with Crippen LogP contribution in [0.2, 0.25) is 0 Å². The summed E-state index contributed by atoms with van der Waals surface area (Å²) in [7, 11) is 0. The van der Waals surface area contributed by atoms with Crippen molar-refractivity contribution in [2.45, 2.75) is 44.9 Å². The molecule has 0 saturated heterocycles. The first-order chi connectivity index (χ1) is 12.5. The lowest BCUT2D eigenvalue weighted by atomic mass is 9.67. The molecular formula is C25H27I. The van der Waals surface area contributed by atoms with Gasteiger partial charge in [0.2, 0.25) is 0 Å². The fourth-order valence-electron chi connectivity index (χ4n) is 5.78. The summed E-state index contributed by atoms with van der Waals surface area (Å²) >= 11 is 2.52. The Morgan fingerprint density at radius 1 is 1.08 bits per heavy atom. The van der Waals surface area contributed by atoms with Crippen LogP contribution in [0.1, 0.15) is 50.7 Å². The summed E-state index contributed by atoms with van der Waals surface area (Å²) in [5.74, 6) is 2.83. The maximum Gasteiger partial charge on any atom is -0.00143 e. The zero-order valence-corrected chi connectivity index (χ0v) is 17.9. The van der Waals surface area contributed by atoms with Gasteiger partial charge in [-0.15, -0.1) is 0 Å². The predicted octanol–water partition coefficient (Wildman–Crippen LogP) is 7.23. The number of benzene rings is 1. The highest BCUT2D eigenvalue weighted by Gasteiger charge is 2.44. The van der Waals surface area contributed by atoms with Crippen LogP contribution in [-0.2, 0) is 5.41 Å². The van der Waals surface area contributed by atoms with Gasteiger partial charge in [0.15, 0.2) is 0 Å². The van der Waals surface area contributed by atoms with Gasteiger partial charge in [-0.1, -0.05) is 74.1 Å². The molecule has 1 aromatic rings. The Labute approximate surface area is 171 Å². The van der Waals surface area contributed by atoms with Gasteiger partial charge in [-0.05, 0) is 97.6 Å². The largest absolute Gasteiger partial charge is 0.0807 e. The van der Waals surface area contributed by atoms with Crippen LogP contribution in [0.15, 0.2) is 63.8 Å². The zero-order valence-electron chi connectivity index (χ0n) is 15.7. The van der Waals surface area contributed by atoms with E-state index < -0.39 is 0 Å². The van der Waals surface area contributed by atoms with Gasteiger partial charge in [0, 0.05) is 0 Å². The minimum absolute atomic E-state index is 0.243. The normalized spacial score (nSPS) is 34.2. The maximum atomic E-state index is 2.52. The highest BCUT2D eigenvalue weighted by atomic mass is 127. The van der Waals surface area contributed by atoms with Crippen LogP contribution < -0.4 is 0 Å². The fraction of sp³-hybridized carbons (Fsp3) is 0.440. The molecule has 1 heteroatoms. The topological polar surface area (TPSA) is 0 Å². The number of allylic oxidation sites excluding steroid dienone is 8. The van der Waals surface area contributed by atoms with Crippen molar-refractivity contribution in [3.8, 4) is 0 Å². The molecule has 134 valence electrons. The number of rotatable bonds is 1. The van der Waals surface area contributed by atoms with Crippen LogP contribution in [0.4, 0.5) is 0 Å². The van der Waals surface area contributed by atoms with E-state index in [9.17, 15) is 0 Å². The van der Waals surface area contributed by atoms with E-state index in [0.29, 0.717) is 17.8 Å². The molecule has 4 aliphatic rings. The van der Waals surface area contributed by atoms with Crippen LogP contribution in [0, 0.1) is 23.7 Å². The highest BCUT2D eigenvalue weighted by molar-refractivity contribution is 14.1. The van der Waals surface area contributed by atoms with E-state index in [2.05, 4.69) is 91.1 Å². The minimum Gasteiger partial charge on any atom is -0.0807 e. The summed E-state index contributed by atoms with van der Waals surface area (Å²) in [6.45, 7) is 4.89. The molecule has 1 aromatic carbocycles. The van der Waals surface area contributed by atoms with Gasteiger partial charge < -0.3 is 0 Å². The van der Waals surface area contributed by atoms with Gasteiger partial charge in [-0.3, -0.25) is 0 Å². The van der Waals surface area contributed by atoms with Crippen LogP contribution in [-0.4, -0.2) is 0 Å². The van der Waals surface area contributed by atoms with E-state index in [1.54, 1.807) is 14.7 Å². The van der Waals surface area contributed by atoms with Gasteiger partial charge in [0.25, 0.3) is 0 Å². The first kappa shape index (κ1) is 17.0. The first-order valence-corrected chi connectivity index (χ1v) is 11.2. The number of hydrogen-bond acceptors (Lipinski definition) is 0. The number of hydrogen-bond donors (Lipinski definition) is 0. The molecule has 0 N–H and O–H groups in total. The molecule has 26 heavy (non-hydrogen) atoms. The number of halogens is 1. The Morgan fingerprint density at radius 3 is 2.81 bits per heavy atom. The lowest BCUT2D eigenvalue weighted by Crippen LogP contribution is -2.28. The van der Waals surface area contributed by atoms with E-state index >= 15 is 0 Å². The molecule has 5 rings (SSSR count). The Hall–Kier alpha value is -1.09. The monoisotopic (exact) mass is 454 g/mol. The van der Waals surface area contributed by atoms with Crippen molar-refractivity contribution in [3.05, 3.63) is 74.9 Å². The van der Waals surface area contributed by atoms with Gasteiger partial charge in [0.1, 0.15) is 0 Å². The van der Waals surface area contributed by atoms with Crippen molar-refractivity contribution >= 4 is 28.2 Å². The Bertz CT molecular complexity index is 864. The molecule has 0 fully saturated rings. The second-order valence-electron chi connectivity index (χ2n) is 9.10. The van der Waals surface area contributed by atoms with Gasteiger partial charge in [-0.25, -0.2) is 0 Å². The van der Waals surface area contributed by atoms with Crippen LogP contribution in [0.3, 0.4) is 0 Å². The molecule has 0 saturated carbocycles. The van der Waals surface area contributed by atoms with Crippen LogP contribution in [0.25, 0.3) is 5.57 Å². The van der Waals surface area contributed by atoms with E-state index in [4.69, 9.17) is 0 Å². The lowest BCUT2D eigenvalue weighted by molar-refractivity contribution is 0.323. The Balaban J connectivity index is 1.45. The predicted molar refractivity (Wildman–Crippen MR) is 119 cm³/mol. The summed E-state index contributed by atoms with van der Waals surface area (Å²) in [5.41, 5.74) is 6.51. The molecule has 0 radical (unpaired) electrons. The minimum atomic E-state index is 0.243. The van der Waals surface area contributed by atoms with Crippen LogP contribution >= 0.6 is 22.6 Å². The summed E-state index contributed by atoms with van der Waals surface area (Å²) in [6.07, 6.45) is 17.7. The van der Waals surface area contributed by atoms with Crippen molar-refractivity contribution < 1.29 is 0 Å². The molecule has 0 bridgehead atoms. The van der Waals surface area contributed by atoms with Gasteiger partial charge in [-0.2, -0.15) is 0 Å². The van der Waals surface area contributed by atoms with Crippen molar-refractivity contribution in [3.63, 3.8) is 0 Å². The number of fused-ring (bicyclic) bond motifs is 4. The highest BCUT2D eigenvalue weighted by Crippen LogP contribution is 2.55. The first-order valence-electron chi connectivity index (χ1n) is 10.1. The van der Waals surface area contributed by atoms with E-state index in [1.807, 2.05) is 0 Å². The van der Waals surface area contributed by atoms with Gasteiger partial charge in [0.05, 0.1) is 0 Å². The molecule has 0 amide bonds. The molecule has 0 aliphatic heterocycles. The van der Waals surface area contributed by atoms with Crippen molar-refractivity contribution in [2.24, 2.45) is 23.7 Å². The molecule has 0 aromatic heterocycles. The SMILES string of the molecule is CC1(C)c2ccccc2C2=CC=C([C@H]3C=CC4C=C(I)CCC4C3)CC21. The van der Waals surface area contributed by atoms with Crippen molar-refractivity contribution in [1.82, 2.24) is 0 Å². The molecule has 4 atom stereocenters. The van der Waals surface area contributed by atoms with E-state index in [-0.39, 0.29) is 5.41 Å².